The second kappa shape index (κ2) is 5.12. The van der Waals surface area contributed by atoms with Crippen LogP contribution in [-0.2, 0) is 11.2 Å². The summed E-state index contributed by atoms with van der Waals surface area (Å²) in [6.07, 6.45) is 2.37. The zero-order valence-corrected chi connectivity index (χ0v) is 9.43. The van der Waals surface area contributed by atoms with Crippen molar-refractivity contribution in [2.75, 3.05) is 13.1 Å². The molecule has 16 heavy (non-hydrogen) atoms. The Hall–Kier alpha value is -1.35. The molecule has 86 valence electrons. The number of piperidine rings is 1. The van der Waals surface area contributed by atoms with Crippen LogP contribution in [-0.4, -0.2) is 29.9 Å². The Balaban J connectivity index is 1.89. The highest BCUT2D eigenvalue weighted by molar-refractivity contribution is 5.78. The maximum Gasteiger partial charge on any atom is 0.226 e. The first kappa shape index (κ1) is 11.1. The second-order valence-corrected chi connectivity index (χ2v) is 4.38. The van der Waals surface area contributed by atoms with Gasteiger partial charge in [-0.15, -0.1) is 0 Å². The third-order valence-electron chi connectivity index (χ3n) is 3.09. The number of nitrogens with zero attached hydrogens (tertiary/aromatic N) is 1. The van der Waals surface area contributed by atoms with E-state index in [4.69, 9.17) is 5.73 Å². The molecule has 2 N–H and O–H groups in total. The zero-order chi connectivity index (χ0) is 11.4. The first-order chi connectivity index (χ1) is 7.75. The predicted molar refractivity (Wildman–Crippen MR) is 63.9 cm³/mol. The number of nitrogens with two attached hydrogens (primary N) is 1. The minimum Gasteiger partial charge on any atom is -0.342 e. The summed E-state index contributed by atoms with van der Waals surface area (Å²) in [6, 6.07) is 10.2. The third kappa shape index (κ3) is 2.83. The minimum atomic E-state index is 0.220. The molecule has 3 heteroatoms. The van der Waals surface area contributed by atoms with Crippen molar-refractivity contribution in [3.63, 3.8) is 0 Å². The third-order valence-corrected chi connectivity index (χ3v) is 3.09. The van der Waals surface area contributed by atoms with Crippen LogP contribution in [0, 0.1) is 0 Å². The van der Waals surface area contributed by atoms with E-state index in [9.17, 15) is 4.79 Å². The SMILES string of the molecule is NC1CCN(C(=O)Cc2ccccc2)CC1. The van der Waals surface area contributed by atoms with E-state index >= 15 is 0 Å². The quantitative estimate of drug-likeness (QED) is 0.810. The average molecular weight is 218 g/mol. The normalized spacial score (nSPS) is 17.4. The van der Waals surface area contributed by atoms with Gasteiger partial charge in [0.05, 0.1) is 6.42 Å². The molecule has 1 heterocycles. The van der Waals surface area contributed by atoms with Crippen LogP contribution in [0.4, 0.5) is 0 Å². The van der Waals surface area contributed by atoms with Gasteiger partial charge in [0.2, 0.25) is 5.91 Å². The van der Waals surface area contributed by atoms with Crippen LogP contribution in [0.2, 0.25) is 0 Å². The standard InChI is InChI=1S/C13H18N2O/c14-12-6-8-15(9-7-12)13(16)10-11-4-2-1-3-5-11/h1-5,12H,6-10,14H2. The fourth-order valence-corrected chi connectivity index (χ4v) is 2.03. The average Bonchev–Trinajstić information content (AvgIpc) is 2.31. The van der Waals surface area contributed by atoms with Crippen molar-refractivity contribution in [2.45, 2.75) is 25.3 Å². The number of carbonyl (C=O) groups excluding carboxylic acids is 1. The van der Waals surface area contributed by atoms with E-state index in [1.807, 2.05) is 35.2 Å². The van der Waals surface area contributed by atoms with Gasteiger partial charge in [0.25, 0.3) is 0 Å². The molecule has 1 aromatic rings. The fraction of sp³-hybridized carbons (Fsp3) is 0.462. The summed E-state index contributed by atoms with van der Waals surface area (Å²) < 4.78 is 0. The lowest BCUT2D eigenvalue weighted by Gasteiger charge is -2.30. The lowest BCUT2D eigenvalue weighted by molar-refractivity contribution is -0.131. The highest BCUT2D eigenvalue weighted by atomic mass is 16.2. The maximum atomic E-state index is 12.0. The molecule has 0 aromatic heterocycles. The number of likely N-dealkylation sites (tertiary alicyclic amines) is 1. The lowest BCUT2D eigenvalue weighted by atomic mass is 10.0. The Morgan fingerprint density at radius 2 is 1.88 bits per heavy atom. The van der Waals surface area contributed by atoms with Gasteiger partial charge in [-0.05, 0) is 18.4 Å². The number of carbonyl (C=O) groups is 1. The van der Waals surface area contributed by atoms with Crippen molar-refractivity contribution in [1.82, 2.24) is 4.90 Å². The van der Waals surface area contributed by atoms with Crippen LogP contribution < -0.4 is 5.73 Å². The Morgan fingerprint density at radius 1 is 1.25 bits per heavy atom. The highest BCUT2D eigenvalue weighted by Crippen LogP contribution is 2.10. The van der Waals surface area contributed by atoms with Crippen LogP contribution in [0.5, 0.6) is 0 Å². The monoisotopic (exact) mass is 218 g/mol. The molecule has 0 radical (unpaired) electrons. The van der Waals surface area contributed by atoms with Gasteiger partial charge in [0.1, 0.15) is 0 Å². The van der Waals surface area contributed by atoms with Crippen LogP contribution in [0.25, 0.3) is 0 Å². The molecular formula is C13H18N2O. The molecule has 1 fully saturated rings. The molecule has 0 atom stereocenters. The van der Waals surface area contributed by atoms with E-state index in [0.29, 0.717) is 6.42 Å². The minimum absolute atomic E-state index is 0.220. The number of hydrogen-bond acceptors (Lipinski definition) is 2. The van der Waals surface area contributed by atoms with Gasteiger partial charge in [-0.3, -0.25) is 4.79 Å². The smallest absolute Gasteiger partial charge is 0.226 e. The summed E-state index contributed by atoms with van der Waals surface area (Å²) in [7, 11) is 0. The highest BCUT2D eigenvalue weighted by Gasteiger charge is 2.20. The molecule has 2 rings (SSSR count). The van der Waals surface area contributed by atoms with Gasteiger partial charge in [-0.25, -0.2) is 0 Å². The van der Waals surface area contributed by atoms with Gasteiger partial charge >= 0.3 is 0 Å². The molecule has 0 bridgehead atoms. The van der Waals surface area contributed by atoms with Crippen molar-refractivity contribution in [3.05, 3.63) is 35.9 Å². The van der Waals surface area contributed by atoms with Crippen LogP contribution in [0.1, 0.15) is 18.4 Å². The predicted octanol–water partition coefficient (Wildman–Crippen LogP) is 1.18. The summed E-state index contributed by atoms with van der Waals surface area (Å²) in [4.78, 5) is 13.9. The lowest BCUT2D eigenvalue weighted by Crippen LogP contribution is -2.43. The van der Waals surface area contributed by atoms with Crippen molar-refractivity contribution in [2.24, 2.45) is 5.73 Å². The molecule has 1 aliphatic rings. The Labute approximate surface area is 96.2 Å². The topological polar surface area (TPSA) is 46.3 Å². The van der Waals surface area contributed by atoms with Gasteiger partial charge in [0, 0.05) is 19.1 Å². The largest absolute Gasteiger partial charge is 0.342 e. The van der Waals surface area contributed by atoms with Crippen molar-refractivity contribution in [3.8, 4) is 0 Å². The molecule has 1 saturated heterocycles. The number of amides is 1. The van der Waals surface area contributed by atoms with E-state index in [2.05, 4.69) is 0 Å². The molecule has 0 aliphatic carbocycles. The summed E-state index contributed by atoms with van der Waals surface area (Å²) in [5.41, 5.74) is 6.90. The van der Waals surface area contributed by atoms with E-state index < -0.39 is 0 Å². The molecule has 1 aliphatic heterocycles. The summed E-state index contributed by atoms with van der Waals surface area (Å²) in [5, 5.41) is 0. The molecular weight excluding hydrogens is 200 g/mol. The van der Waals surface area contributed by atoms with E-state index in [0.717, 1.165) is 31.5 Å². The Morgan fingerprint density at radius 3 is 2.50 bits per heavy atom. The van der Waals surface area contributed by atoms with Gasteiger partial charge in [-0.2, -0.15) is 0 Å². The van der Waals surface area contributed by atoms with E-state index in [1.165, 1.54) is 0 Å². The Bertz CT molecular complexity index is 342. The van der Waals surface area contributed by atoms with Gasteiger partial charge in [0.15, 0.2) is 0 Å². The van der Waals surface area contributed by atoms with Crippen LogP contribution in [0.15, 0.2) is 30.3 Å². The molecule has 0 saturated carbocycles. The fourth-order valence-electron chi connectivity index (χ4n) is 2.03. The van der Waals surface area contributed by atoms with Gasteiger partial charge in [-0.1, -0.05) is 30.3 Å². The summed E-state index contributed by atoms with van der Waals surface area (Å²) >= 11 is 0. The van der Waals surface area contributed by atoms with Gasteiger partial charge < -0.3 is 10.6 Å². The van der Waals surface area contributed by atoms with Crippen molar-refractivity contribution in [1.29, 1.82) is 0 Å². The molecule has 1 aromatic carbocycles. The number of benzene rings is 1. The molecule has 0 unspecified atom stereocenters. The molecule has 3 nitrogen and oxygen atoms in total. The first-order valence-corrected chi connectivity index (χ1v) is 5.83. The summed E-state index contributed by atoms with van der Waals surface area (Å²) in [5.74, 6) is 0.220. The zero-order valence-electron chi connectivity index (χ0n) is 9.43. The van der Waals surface area contributed by atoms with Crippen LogP contribution >= 0.6 is 0 Å². The summed E-state index contributed by atoms with van der Waals surface area (Å²) in [6.45, 7) is 1.62. The maximum absolute atomic E-state index is 12.0. The van der Waals surface area contributed by atoms with E-state index in [-0.39, 0.29) is 11.9 Å². The van der Waals surface area contributed by atoms with Crippen molar-refractivity contribution >= 4 is 5.91 Å². The second-order valence-electron chi connectivity index (χ2n) is 4.38. The Kier molecular flexibility index (Phi) is 3.57. The first-order valence-electron chi connectivity index (χ1n) is 5.83. The van der Waals surface area contributed by atoms with E-state index in [1.54, 1.807) is 0 Å². The van der Waals surface area contributed by atoms with Crippen molar-refractivity contribution < 1.29 is 4.79 Å². The molecule has 1 amide bonds. The van der Waals surface area contributed by atoms with Crippen LogP contribution in [0.3, 0.4) is 0 Å². The number of hydrogen-bond donors (Lipinski definition) is 1. The molecule has 0 spiro atoms. The number of rotatable bonds is 2.